The number of alkyl carbamates (subject to hydrolysis) is 2. The first-order chi connectivity index (χ1) is 11.1. The highest BCUT2D eigenvalue weighted by Crippen LogP contribution is 2.05. The van der Waals surface area contributed by atoms with Gasteiger partial charge in [0.2, 0.25) is 0 Å². The third-order valence-corrected chi connectivity index (χ3v) is 2.54. The molecule has 2 N–H and O–H groups in total. The Labute approximate surface area is 144 Å². The SMILES string of the molecule is CC(CNC(=O)OCCOC(C)C)NC(=O)OCCOC(C)(C)C. The van der Waals surface area contributed by atoms with Gasteiger partial charge >= 0.3 is 12.2 Å². The smallest absolute Gasteiger partial charge is 0.407 e. The van der Waals surface area contributed by atoms with Crippen LogP contribution < -0.4 is 10.6 Å². The Morgan fingerprint density at radius 1 is 0.917 bits per heavy atom. The van der Waals surface area contributed by atoms with Crippen LogP contribution in [0, 0.1) is 0 Å². The van der Waals surface area contributed by atoms with Crippen LogP contribution in [-0.2, 0) is 18.9 Å². The van der Waals surface area contributed by atoms with Crippen LogP contribution in [0.1, 0.15) is 41.5 Å². The summed E-state index contributed by atoms with van der Waals surface area (Å²) >= 11 is 0. The molecule has 0 bridgehead atoms. The molecule has 0 fully saturated rings. The number of rotatable bonds is 10. The molecule has 24 heavy (non-hydrogen) atoms. The van der Waals surface area contributed by atoms with Crippen LogP contribution in [-0.4, -0.2) is 62.9 Å². The van der Waals surface area contributed by atoms with Gasteiger partial charge in [0, 0.05) is 12.6 Å². The van der Waals surface area contributed by atoms with Gasteiger partial charge < -0.3 is 29.6 Å². The van der Waals surface area contributed by atoms with Gasteiger partial charge in [0.25, 0.3) is 0 Å². The number of ether oxygens (including phenoxy) is 4. The summed E-state index contributed by atoms with van der Waals surface area (Å²) in [5.74, 6) is 0. The third-order valence-electron chi connectivity index (χ3n) is 2.54. The number of carbonyl (C=O) groups is 2. The van der Waals surface area contributed by atoms with Crippen LogP contribution in [0.25, 0.3) is 0 Å². The summed E-state index contributed by atoms with van der Waals surface area (Å²) in [6.07, 6.45) is -1.01. The zero-order valence-corrected chi connectivity index (χ0v) is 15.6. The van der Waals surface area contributed by atoms with Crippen molar-refractivity contribution in [1.82, 2.24) is 10.6 Å². The van der Waals surface area contributed by atoms with E-state index in [4.69, 9.17) is 18.9 Å². The first-order valence-electron chi connectivity index (χ1n) is 8.19. The highest BCUT2D eigenvalue weighted by Gasteiger charge is 2.12. The molecule has 8 nitrogen and oxygen atoms in total. The minimum Gasteiger partial charge on any atom is -0.447 e. The molecule has 1 atom stereocenters. The Bertz CT molecular complexity index is 368. The molecule has 0 saturated carbocycles. The van der Waals surface area contributed by atoms with E-state index in [0.717, 1.165) is 0 Å². The van der Waals surface area contributed by atoms with E-state index in [1.807, 2.05) is 34.6 Å². The second-order valence-electron chi connectivity index (χ2n) is 6.58. The van der Waals surface area contributed by atoms with Gasteiger partial charge in [-0.2, -0.15) is 0 Å². The molecule has 1 unspecified atom stereocenters. The van der Waals surface area contributed by atoms with Crippen LogP contribution in [0.3, 0.4) is 0 Å². The fourth-order valence-electron chi connectivity index (χ4n) is 1.48. The normalized spacial score (nSPS) is 12.6. The van der Waals surface area contributed by atoms with Crippen molar-refractivity contribution in [3.63, 3.8) is 0 Å². The van der Waals surface area contributed by atoms with Crippen LogP contribution in [0.15, 0.2) is 0 Å². The zero-order chi connectivity index (χ0) is 18.6. The molecule has 8 heteroatoms. The van der Waals surface area contributed by atoms with E-state index < -0.39 is 12.2 Å². The van der Waals surface area contributed by atoms with Crippen molar-refractivity contribution >= 4 is 12.2 Å². The fourth-order valence-corrected chi connectivity index (χ4v) is 1.48. The average molecular weight is 348 g/mol. The topological polar surface area (TPSA) is 95.1 Å². The summed E-state index contributed by atoms with van der Waals surface area (Å²) in [5.41, 5.74) is -0.266. The van der Waals surface area contributed by atoms with Gasteiger partial charge in [-0.1, -0.05) is 0 Å². The van der Waals surface area contributed by atoms with E-state index >= 15 is 0 Å². The van der Waals surface area contributed by atoms with Crippen molar-refractivity contribution < 1.29 is 28.5 Å². The van der Waals surface area contributed by atoms with Crippen LogP contribution in [0.4, 0.5) is 9.59 Å². The Balaban J connectivity index is 3.67. The number of amides is 2. The number of carbonyl (C=O) groups excluding carboxylic acids is 2. The molecular formula is C16H32N2O6. The van der Waals surface area contributed by atoms with Gasteiger partial charge in [-0.3, -0.25) is 0 Å². The molecule has 0 aliphatic carbocycles. The van der Waals surface area contributed by atoms with Gasteiger partial charge in [-0.25, -0.2) is 9.59 Å². The first-order valence-corrected chi connectivity index (χ1v) is 8.19. The van der Waals surface area contributed by atoms with Gasteiger partial charge in [0.1, 0.15) is 13.2 Å². The second kappa shape index (κ2) is 11.9. The molecule has 0 rings (SSSR count). The fraction of sp³-hybridized carbons (Fsp3) is 0.875. The highest BCUT2D eigenvalue weighted by molar-refractivity contribution is 5.68. The molecule has 2 amide bonds. The zero-order valence-electron chi connectivity index (χ0n) is 15.6. The van der Waals surface area contributed by atoms with Crippen LogP contribution in [0.5, 0.6) is 0 Å². The number of hydrogen-bond acceptors (Lipinski definition) is 6. The van der Waals surface area contributed by atoms with E-state index in [2.05, 4.69) is 10.6 Å². The summed E-state index contributed by atoms with van der Waals surface area (Å²) in [7, 11) is 0. The molecule has 0 aromatic carbocycles. The van der Waals surface area contributed by atoms with Crippen LogP contribution in [0.2, 0.25) is 0 Å². The molecule has 0 radical (unpaired) electrons. The molecule has 0 aromatic heterocycles. The lowest BCUT2D eigenvalue weighted by Crippen LogP contribution is -2.42. The Kier molecular flexibility index (Phi) is 11.1. The van der Waals surface area contributed by atoms with Crippen molar-refractivity contribution in [3.05, 3.63) is 0 Å². The molecule has 0 aliphatic rings. The Morgan fingerprint density at radius 2 is 1.50 bits per heavy atom. The monoisotopic (exact) mass is 348 g/mol. The molecule has 0 aromatic rings. The van der Waals surface area contributed by atoms with Gasteiger partial charge in [0.15, 0.2) is 0 Å². The van der Waals surface area contributed by atoms with Gasteiger partial charge in [0.05, 0.1) is 24.9 Å². The summed E-state index contributed by atoms with van der Waals surface area (Å²) in [6.45, 7) is 12.6. The van der Waals surface area contributed by atoms with Crippen LogP contribution >= 0.6 is 0 Å². The third kappa shape index (κ3) is 15.4. The highest BCUT2D eigenvalue weighted by atomic mass is 16.6. The maximum Gasteiger partial charge on any atom is 0.407 e. The average Bonchev–Trinajstić information content (AvgIpc) is 2.45. The standard InChI is InChI=1S/C16H32N2O6/c1-12(2)21-7-8-22-14(19)17-11-13(3)18-15(20)23-9-10-24-16(4,5)6/h12-13H,7-11H2,1-6H3,(H,17,19)(H,18,20). The van der Waals surface area contributed by atoms with E-state index in [9.17, 15) is 9.59 Å². The largest absolute Gasteiger partial charge is 0.447 e. The molecule has 0 saturated heterocycles. The molecular weight excluding hydrogens is 316 g/mol. The summed E-state index contributed by atoms with van der Waals surface area (Å²) in [4.78, 5) is 23.0. The molecule has 0 aliphatic heterocycles. The van der Waals surface area contributed by atoms with Crippen molar-refractivity contribution in [3.8, 4) is 0 Å². The predicted molar refractivity (Wildman–Crippen MR) is 90.1 cm³/mol. The van der Waals surface area contributed by atoms with Crippen molar-refractivity contribution in [1.29, 1.82) is 0 Å². The van der Waals surface area contributed by atoms with E-state index in [-0.39, 0.29) is 37.5 Å². The maximum atomic E-state index is 11.5. The quantitative estimate of drug-likeness (QED) is 0.587. The lowest BCUT2D eigenvalue weighted by atomic mass is 10.2. The maximum absolute atomic E-state index is 11.5. The van der Waals surface area contributed by atoms with Crippen molar-refractivity contribution in [2.45, 2.75) is 59.3 Å². The summed E-state index contributed by atoms with van der Waals surface area (Å²) in [6, 6.07) is -0.291. The number of nitrogens with one attached hydrogen (secondary N) is 2. The van der Waals surface area contributed by atoms with Gasteiger partial charge in [-0.15, -0.1) is 0 Å². The molecule has 0 spiro atoms. The Hall–Kier alpha value is -1.54. The number of hydrogen-bond donors (Lipinski definition) is 2. The van der Waals surface area contributed by atoms with Crippen molar-refractivity contribution in [2.24, 2.45) is 0 Å². The summed E-state index contributed by atoms with van der Waals surface area (Å²) in [5, 5.41) is 5.15. The van der Waals surface area contributed by atoms with E-state index in [1.54, 1.807) is 6.92 Å². The van der Waals surface area contributed by atoms with Gasteiger partial charge in [-0.05, 0) is 41.5 Å². The summed E-state index contributed by atoms with van der Waals surface area (Å²) < 4.78 is 20.6. The molecule has 0 heterocycles. The van der Waals surface area contributed by atoms with E-state index in [0.29, 0.717) is 13.2 Å². The van der Waals surface area contributed by atoms with Crippen molar-refractivity contribution in [2.75, 3.05) is 33.0 Å². The minimum absolute atomic E-state index is 0.0979. The second-order valence-corrected chi connectivity index (χ2v) is 6.58. The van der Waals surface area contributed by atoms with E-state index in [1.165, 1.54) is 0 Å². The minimum atomic E-state index is -0.555. The predicted octanol–water partition coefficient (Wildman–Crippen LogP) is 2.07. The lowest BCUT2D eigenvalue weighted by Gasteiger charge is -2.19. The lowest BCUT2D eigenvalue weighted by molar-refractivity contribution is -0.0232. The molecule has 142 valence electrons. The Morgan fingerprint density at radius 3 is 2.08 bits per heavy atom. The first kappa shape index (κ1) is 22.5.